The highest BCUT2D eigenvalue weighted by Gasteiger charge is 2.34. The smallest absolute Gasteiger partial charge is 0.335 e. The van der Waals surface area contributed by atoms with Gasteiger partial charge in [-0.2, -0.15) is 0 Å². The SMILES string of the molecule is CCc1cc(N(CC)c2ccc(C(=O)O)cc2)cc2c1OCC2(C)C. The van der Waals surface area contributed by atoms with Crippen LogP contribution in [0.4, 0.5) is 11.4 Å². The first-order chi connectivity index (χ1) is 11.9. The first kappa shape index (κ1) is 17.3. The molecule has 4 nitrogen and oxygen atoms in total. The van der Waals surface area contributed by atoms with Crippen LogP contribution in [0, 0.1) is 0 Å². The minimum atomic E-state index is -0.903. The summed E-state index contributed by atoms with van der Waals surface area (Å²) in [5, 5.41) is 9.09. The number of rotatable bonds is 5. The van der Waals surface area contributed by atoms with Crippen molar-refractivity contribution in [1.29, 1.82) is 0 Å². The van der Waals surface area contributed by atoms with Crippen LogP contribution in [-0.2, 0) is 11.8 Å². The molecule has 0 atom stereocenters. The van der Waals surface area contributed by atoms with Gasteiger partial charge in [-0.05, 0) is 55.3 Å². The predicted molar refractivity (Wildman–Crippen MR) is 100 cm³/mol. The molecule has 132 valence electrons. The largest absolute Gasteiger partial charge is 0.492 e. The van der Waals surface area contributed by atoms with Crippen LogP contribution in [-0.4, -0.2) is 24.2 Å². The third kappa shape index (κ3) is 3.09. The third-order valence-electron chi connectivity index (χ3n) is 4.89. The summed E-state index contributed by atoms with van der Waals surface area (Å²) in [4.78, 5) is 13.3. The highest BCUT2D eigenvalue weighted by Crippen LogP contribution is 2.44. The van der Waals surface area contributed by atoms with Crippen molar-refractivity contribution in [3.63, 3.8) is 0 Å². The Morgan fingerprint density at radius 3 is 2.40 bits per heavy atom. The summed E-state index contributed by atoms with van der Waals surface area (Å²) in [5.74, 6) is 0.132. The molecule has 0 aromatic heterocycles. The van der Waals surface area contributed by atoms with Crippen LogP contribution in [0.2, 0.25) is 0 Å². The van der Waals surface area contributed by atoms with E-state index in [1.54, 1.807) is 12.1 Å². The average molecular weight is 339 g/mol. The molecule has 0 unspecified atom stereocenters. The molecule has 1 aliphatic heterocycles. The maximum Gasteiger partial charge on any atom is 0.335 e. The van der Waals surface area contributed by atoms with Gasteiger partial charge in [0.15, 0.2) is 0 Å². The van der Waals surface area contributed by atoms with Gasteiger partial charge in [0, 0.05) is 28.9 Å². The molecule has 1 aliphatic rings. The van der Waals surface area contributed by atoms with E-state index in [1.807, 2.05) is 12.1 Å². The average Bonchev–Trinajstić information content (AvgIpc) is 2.91. The molecule has 0 fully saturated rings. The van der Waals surface area contributed by atoms with Gasteiger partial charge in [-0.15, -0.1) is 0 Å². The number of ether oxygens (including phenoxy) is 1. The lowest BCUT2D eigenvalue weighted by atomic mass is 9.85. The first-order valence-corrected chi connectivity index (χ1v) is 8.78. The van der Waals surface area contributed by atoms with Gasteiger partial charge in [-0.25, -0.2) is 4.79 Å². The molecular formula is C21H25NO3. The number of carbonyl (C=O) groups is 1. The van der Waals surface area contributed by atoms with Crippen LogP contribution >= 0.6 is 0 Å². The third-order valence-corrected chi connectivity index (χ3v) is 4.89. The Bertz CT molecular complexity index is 794. The van der Waals surface area contributed by atoms with Crippen LogP contribution in [0.3, 0.4) is 0 Å². The van der Waals surface area contributed by atoms with E-state index in [2.05, 4.69) is 44.7 Å². The fourth-order valence-electron chi connectivity index (χ4n) is 3.39. The maximum absolute atomic E-state index is 11.1. The highest BCUT2D eigenvalue weighted by molar-refractivity contribution is 5.88. The van der Waals surface area contributed by atoms with Crippen molar-refractivity contribution in [2.24, 2.45) is 0 Å². The summed E-state index contributed by atoms with van der Waals surface area (Å²) in [5.41, 5.74) is 4.90. The molecule has 1 N–H and O–H groups in total. The summed E-state index contributed by atoms with van der Waals surface area (Å²) in [7, 11) is 0. The number of fused-ring (bicyclic) bond motifs is 1. The maximum atomic E-state index is 11.1. The summed E-state index contributed by atoms with van der Waals surface area (Å²) in [6.07, 6.45) is 0.918. The van der Waals surface area contributed by atoms with Crippen molar-refractivity contribution in [2.75, 3.05) is 18.1 Å². The fraction of sp³-hybridized carbons (Fsp3) is 0.381. The van der Waals surface area contributed by atoms with Crippen molar-refractivity contribution in [3.05, 3.63) is 53.1 Å². The number of hydrogen-bond donors (Lipinski definition) is 1. The molecule has 0 saturated heterocycles. The second-order valence-electron chi connectivity index (χ2n) is 7.10. The molecule has 0 bridgehead atoms. The number of nitrogens with zero attached hydrogens (tertiary/aromatic N) is 1. The van der Waals surface area contributed by atoms with E-state index in [9.17, 15) is 4.79 Å². The fourth-order valence-corrected chi connectivity index (χ4v) is 3.39. The van der Waals surface area contributed by atoms with Crippen LogP contribution in [0.15, 0.2) is 36.4 Å². The molecule has 0 spiro atoms. The van der Waals surface area contributed by atoms with Crippen molar-refractivity contribution in [2.45, 2.75) is 39.5 Å². The first-order valence-electron chi connectivity index (χ1n) is 8.78. The minimum absolute atomic E-state index is 0.00183. The Kier molecular flexibility index (Phi) is 4.46. The molecule has 0 saturated carbocycles. The van der Waals surface area contributed by atoms with Crippen LogP contribution in [0.5, 0.6) is 5.75 Å². The zero-order valence-electron chi connectivity index (χ0n) is 15.3. The molecule has 25 heavy (non-hydrogen) atoms. The van der Waals surface area contributed by atoms with E-state index < -0.39 is 5.97 Å². The zero-order chi connectivity index (χ0) is 18.2. The summed E-state index contributed by atoms with van der Waals surface area (Å²) in [6.45, 7) is 10.2. The lowest BCUT2D eigenvalue weighted by Crippen LogP contribution is -2.20. The molecule has 1 heterocycles. The van der Waals surface area contributed by atoms with Gasteiger partial charge in [0.25, 0.3) is 0 Å². The van der Waals surface area contributed by atoms with Crippen LogP contribution < -0.4 is 9.64 Å². The molecule has 3 rings (SSSR count). The van der Waals surface area contributed by atoms with E-state index in [4.69, 9.17) is 9.84 Å². The van der Waals surface area contributed by atoms with Crippen molar-refractivity contribution in [3.8, 4) is 5.75 Å². The summed E-state index contributed by atoms with van der Waals surface area (Å²) in [6, 6.07) is 11.5. The summed E-state index contributed by atoms with van der Waals surface area (Å²) < 4.78 is 5.97. The second kappa shape index (κ2) is 6.43. The van der Waals surface area contributed by atoms with Gasteiger partial charge in [-0.1, -0.05) is 20.8 Å². The van der Waals surface area contributed by atoms with Crippen LogP contribution in [0.1, 0.15) is 49.2 Å². The lowest BCUT2D eigenvalue weighted by Gasteiger charge is -2.26. The monoisotopic (exact) mass is 339 g/mol. The second-order valence-corrected chi connectivity index (χ2v) is 7.10. The van der Waals surface area contributed by atoms with Crippen molar-refractivity contribution < 1.29 is 14.6 Å². The summed E-state index contributed by atoms with van der Waals surface area (Å²) >= 11 is 0. The normalized spacial score (nSPS) is 14.7. The van der Waals surface area contributed by atoms with E-state index in [-0.39, 0.29) is 5.41 Å². The Morgan fingerprint density at radius 1 is 1.16 bits per heavy atom. The number of hydrogen-bond acceptors (Lipinski definition) is 3. The van der Waals surface area contributed by atoms with Gasteiger partial charge in [0.1, 0.15) is 5.75 Å². The number of benzene rings is 2. The van der Waals surface area contributed by atoms with Gasteiger partial charge in [0.05, 0.1) is 12.2 Å². The lowest BCUT2D eigenvalue weighted by molar-refractivity contribution is 0.0697. The number of anilines is 2. The molecule has 4 heteroatoms. The zero-order valence-corrected chi connectivity index (χ0v) is 15.3. The molecule has 2 aromatic rings. The minimum Gasteiger partial charge on any atom is -0.492 e. The molecule has 0 radical (unpaired) electrons. The Hall–Kier alpha value is -2.49. The van der Waals surface area contributed by atoms with Crippen LogP contribution in [0.25, 0.3) is 0 Å². The predicted octanol–water partition coefficient (Wildman–Crippen LogP) is 4.78. The van der Waals surface area contributed by atoms with E-state index >= 15 is 0 Å². The number of aryl methyl sites for hydroxylation is 1. The Labute approximate surface area is 149 Å². The van der Waals surface area contributed by atoms with Gasteiger partial charge in [0.2, 0.25) is 0 Å². The van der Waals surface area contributed by atoms with E-state index in [1.165, 1.54) is 11.1 Å². The van der Waals surface area contributed by atoms with E-state index in [0.29, 0.717) is 12.2 Å². The van der Waals surface area contributed by atoms with Gasteiger partial charge in [-0.3, -0.25) is 0 Å². The molecule has 0 aliphatic carbocycles. The van der Waals surface area contributed by atoms with Gasteiger partial charge >= 0.3 is 5.97 Å². The molecule has 0 amide bonds. The van der Waals surface area contributed by atoms with E-state index in [0.717, 1.165) is 30.1 Å². The standard InChI is InChI=1S/C21H25NO3/c1-5-14-11-17(12-18-19(14)25-13-21(18,3)4)22(6-2)16-9-7-15(8-10-16)20(23)24/h7-12H,5-6,13H2,1-4H3,(H,23,24). The number of aromatic carboxylic acids is 1. The highest BCUT2D eigenvalue weighted by atomic mass is 16.5. The van der Waals surface area contributed by atoms with Crippen molar-refractivity contribution in [1.82, 2.24) is 0 Å². The number of carboxylic acid groups (broad SMARTS) is 1. The Morgan fingerprint density at radius 2 is 1.84 bits per heavy atom. The van der Waals surface area contributed by atoms with Gasteiger partial charge < -0.3 is 14.7 Å². The van der Waals surface area contributed by atoms with Crippen molar-refractivity contribution >= 4 is 17.3 Å². The molecule has 2 aromatic carbocycles. The quantitative estimate of drug-likeness (QED) is 0.852. The number of carboxylic acids is 1. The topological polar surface area (TPSA) is 49.8 Å². The molecular weight excluding hydrogens is 314 g/mol. The Balaban J connectivity index is 2.06.